The van der Waals surface area contributed by atoms with Crippen LogP contribution in [-0.2, 0) is 5.41 Å². The van der Waals surface area contributed by atoms with Crippen LogP contribution in [0.4, 0.5) is 0 Å². The number of hydrogen-bond donors (Lipinski definition) is 0. The van der Waals surface area contributed by atoms with Crippen molar-refractivity contribution in [1.29, 1.82) is 0 Å². The van der Waals surface area contributed by atoms with Crippen LogP contribution in [0.3, 0.4) is 0 Å². The van der Waals surface area contributed by atoms with Crippen LogP contribution in [-0.4, -0.2) is 22.6 Å². The van der Waals surface area contributed by atoms with Crippen molar-refractivity contribution in [3.8, 4) is 45.5 Å². The number of para-hydroxylation sites is 4. The van der Waals surface area contributed by atoms with Gasteiger partial charge in [-0.3, -0.25) is 0 Å². The first-order valence-corrected chi connectivity index (χ1v) is 20.4. The summed E-state index contributed by atoms with van der Waals surface area (Å²) in [7, 11) is 0. The number of benzene rings is 8. The second kappa shape index (κ2) is 10.5. The SMILES string of the molecule is CC(C)(C)c1ccc(-c2c3c(cc4c5ccc6c7c5n(c24)-c2ccccc2B7c2ccccc2O6)c2ccc4c5c2n3-c2ccccc2B5c2ccccc2O4)cc1. The maximum absolute atomic E-state index is 6.77. The molecule has 14 rings (SSSR count). The average Bonchev–Trinajstić information content (AvgIpc) is 3.77. The Morgan fingerprint density at radius 1 is 0.414 bits per heavy atom. The Morgan fingerprint density at radius 3 is 1.34 bits per heavy atom. The van der Waals surface area contributed by atoms with Gasteiger partial charge < -0.3 is 18.6 Å². The van der Waals surface area contributed by atoms with Crippen LogP contribution in [0.1, 0.15) is 26.3 Å². The molecule has 0 bridgehead atoms. The van der Waals surface area contributed by atoms with Gasteiger partial charge in [0, 0.05) is 38.5 Å². The summed E-state index contributed by atoms with van der Waals surface area (Å²) in [6, 6.07) is 56.2. The molecule has 0 saturated carbocycles. The Balaban J connectivity index is 1.21. The molecule has 58 heavy (non-hydrogen) atoms. The largest absolute Gasteiger partial charge is 0.458 e. The molecule has 2 aromatic heterocycles. The Bertz CT molecular complexity index is 3310. The molecule has 0 saturated heterocycles. The van der Waals surface area contributed by atoms with Crippen molar-refractivity contribution in [2.24, 2.45) is 0 Å². The van der Waals surface area contributed by atoms with Gasteiger partial charge in [0.2, 0.25) is 0 Å². The predicted octanol–water partition coefficient (Wildman–Crippen LogP) is 8.72. The van der Waals surface area contributed by atoms with Gasteiger partial charge in [-0.1, -0.05) is 118 Å². The van der Waals surface area contributed by atoms with E-state index >= 15 is 0 Å². The number of aromatic nitrogens is 2. The Labute approximate surface area is 336 Å². The van der Waals surface area contributed by atoms with E-state index in [-0.39, 0.29) is 18.8 Å². The summed E-state index contributed by atoms with van der Waals surface area (Å²) in [5.74, 6) is 3.75. The fourth-order valence-corrected chi connectivity index (χ4v) is 11.2. The maximum Gasteiger partial charge on any atom is 0.256 e. The Kier molecular flexibility index (Phi) is 5.66. The maximum atomic E-state index is 6.77. The van der Waals surface area contributed by atoms with Crippen LogP contribution in [0.15, 0.2) is 152 Å². The first-order valence-electron chi connectivity index (χ1n) is 20.4. The molecule has 0 spiro atoms. The van der Waals surface area contributed by atoms with Crippen molar-refractivity contribution < 1.29 is 9.47 Å². The molecule has 270 valence electrons. The monoisotopic (exact) mass is 740 g/mol. The molecule has 8 aromatic carbocycles. The number of nitrogens with zero attached hydrogens (tertiary/aromatic N) is 2. The number of fused-ring (bicyclic) bond motifs is 16. The molecule has 0 amide bonds. The van der Waals surface area contributed by atoms with Crippen molar-refractivity contribution in [3.63, 3.8) is 0 Å². The van der Waals surface area contributed by atoms with Crippen LogP contribution in [0.2, 0.25) is 0 Å². The van der Waals surface area contributed by atoms with Crippen LogP contribution < -0.4 is 42.3 Å². The van der Waals surface area contributed by atoms with E-state index in [0.717, 1.165) is 23.0 Å². The highest BCUT2D eigenvalue weighted by Gasteiger charge is 2.43. The van der Waals surface area contributed by atoms with Gasteiger partial charge in [0.05, 0.1) is 22.1 Å². The molecular weight excluding hydrogens is 706 g/mol. The van der Waals surface area contributed by atoms with Crippen LogP contribution >= 0.6 is 0 Å². The van der Waals surface area contributed by atoms with Crippen LogP contribution in [0.25, 0.3) is 66.1 Å². The molecule has 0 N–H and O–H groups in total. The summed E-state index contributed by atoms with van der Waals surface area (Å²) in [4.78, 5) is 0. The smallest absolute Gasteiger partial charge is 0.256 e. The molecule has 4 aliphatic rings. The van der Waals surface area contributed by atoms with E-state index < -0.39 is 0 Å². The molecule has 0 unspecified atom stereocenters. The highest BCUT2D eigenvalue weighted by Crippen LogP contribution is 2.49. The quantitative estimate of drug-likeness (QED) is 0.158. The Morgan fingerprint density at radius 2 is 0.862 bits per heavy atom. The van der Waals surface area contributed by atoms with E-state index in [2.05, 4.69) is 182 Å². The van der Waals surface area contributed by atoms with Gasteiger partial charge in [0.25, 0.3) is 13.4 Å². The third-order valence-corrected chi connectivity index (χ3v) is 13.6. The van der Waals surface area contributed by atoms with Gasteiger partial charge in [-0.15, -0.1) is 0 Å². The third-order valence-electron chi connectivity index (χ3n) is 13.6. The lowest BCUT2D eigenvalue weighted by Crippen LogP contribution is -2.58. The molecule has 10 aromatic rings. The van der Waals surface area contributed by atoms with E-state index in [0.29, 0.717) is 0 Å². The van der Waals surface area contributed by atoms with Gasteiger partial charge in [0.15, 0.2) is 0 Å². The highest BCUT2D eigenvalue weighted by molar-refractivity contribution is 7.00. The summed E-state index contributed by atoms with van der Waals surface area (Å²) < 4.78 is 18.7. The topological polar surface area (TPSA) is 28.3 Å². The lowest BCUT2D eigenvalue weighted by molar-refractivity contribution is 0.487. The number of hydrogen-bond acceptors (Lipinski definition) is 2. The summed E-state index contributed by atoms with van der Waals surface area (Å²) in [6.45, 7) is 7.02. The van der Waals surface area contributed by atoms with E-state index in [1.54, 1.807) is 0 Å². The normalized spacial score (nSPS) is 14.0. The molecule has 0 fully saturated rings. The van der Waals surface area contributed by atoms with E-state index in [1.807, 2.05) is 0 Å². The highest BCUT2D eigenvalue weighted by atomic mass is 16.5. The first-order chi connectivity index (χ1) is 28.4. The second-order valence-electron chi connectivity index (χ2n) is 17.6. The molecule has 0 aliphatic carbocycles. The van der Waals surface area contributed by atoms with Crippen molar-refractivity contribution in [2.75, 3.05) is 0 Å². The molecule has 0 atom stereocenters. The van der Waals surface area contributed by atoms with Gasteiger partial charge in [-0.05, 0) is 104 Å². The van der Waals surface area contributed by atoms with Crippen LogP contribution in [0.5, 0.6) is 23.0 Å². The van der Waals surface area contributed by atoms with Crippen molar-refractivity contribution in [2.45, 2.75) is 26.2 Å². The third kappa shape index (κ3) is 3.70. The fraction of sp³-hybridized carbons (Fsp3) is 0.0769. The van der Waals surface area contributed by atoms with E-state index in [1.165, 1.54) is 104 Å². The molecule has 0 radical (unpaired) electrons. The standard InChI is InChI=1S/C52H34B2N2O2/c1-52(2,3)30-22-20-29(21-23-30)45-48-33(31-24-26-43-46-50(31)55(48)39-16-8-4-12-35(39)53(46)37-14-6-10-18-41(37)57-43)28-34-32-25-27-44-47-51(32)56(49(34)45)40-17-9-5-13-36(40)54(47)38-15-7-11-19-42(38)58-44/h4-28H,1-3H3. The fourth-order valence-electron chi connectivity index (χ4n) is 11.2. The number of ether oxygens (including phenoxy) is 2. The molecule has 6 heterocycles. The molecule has 6 heteroatoms. The minimum absolute atomic E-state index is 0.0257. The van der Waals surface area contributed by atoms with Crippen molar-refractivity contribution in [3.05, 3.63) is 157 Å². The van der Waals surface area contributed by atoms with E-state index in [9.17, 15) is 0 Å². The zero-order valence-electron chi connectivity index (χ0n) is 32.3. The summed E-state index contributed by atoms with van der Waals surface area (Å²) >= 11 is 0. The summed E-state index contributed by atoms with van der Waals surface area (Å²) in [6.07, 6.45) is 0. The van der Waals surface area contributed by atoms with Gasteiger partial charge in [-0.2, -0.15) is 0 Å². The minimum Gasteiger partial charge on any atom is -0.458 e. The minimum atomic E-state index is 0.0257. The zero-order chi connectivity index (χ0) is 38.2. The van der Waals surface area contributed by atoms with Gasteiger partial charge >= 0.3 is 0 Å². The molecule has 4 nitrogen and oxygen atoms in total. The van der Waals surface area contributed by atoms with E-state index in [4.69, 9.17) is 9.47 Å². The molecular formula is C52H34B2N2O2. The average molecular weight is 740 g/mol. The van der Waals surface area contributed by atoms with Gasteiger partial charge in [-0.25, -0.2) is 0 Å². The predicted molar refractivity (Wildman–Crippen MR) is 242 cm³/mol. The van der Waals surface area contributed by atoms with Crippen LogP contribution in [0, 0.1) is 0 Å². The zero-order valence-corrected chi connectivity index (χ0v) is 32.3. The lowest BCUT2D eigenvalue weighted by atomic mass is 9.34. The number of rotatable bonds is 1. The lowest BCUT2D eigenvalue weighted by Gasteiger charge is -2.33. The van der Waals surface area contributed by atoms with Crippen molar-refractivity contribution in [1.82, 2.24) is 9.13 Å². The summed E-state index contributed by atoms with van der Waals surface area (Å²) in [5.41, 5.74) is 18.7. The molecule has 4 aliphatic heterocycles. The van der Waals surface area contributed by atoms with Crippen molar-refractivity contribution >= 4 is 89.8 Å². The van der Waals surface area contributed by atoms with Gasteiger partial charge in [0.1, 0.15) is 23.0 Å². The second-order valence-corrected chi connectivity index (χ2v) is 17.6. The first kappa shape index (κ1) is 31.2. The summed E-state index contributed by atoms with van der Waals surface area (Å²) in [5, 5.41) is 4.99. The Hall–Kier alpha value is -6.91.